The molecule has 4 heteroatoms. The third kappa shape index (κ3) is 7.66. The summed E-state index contributed by atoms with van der Waals surface area (Å²) in [5.74, 6) is 0. The topological polar surface area (TPSA) is 0 Å². The van der Waals surface area contributed by atoms with Gasteiger partial charge in [0.15, 0.2) is 0 Å². The molecule has 0 nitrogen and oxygen atoms in total. The Morgan fingerprint density at radius 1 is 0.537 bits per heavy atom. The average Bonchev–Trinajstić information content (AvgIpc) is 3.82. The summed E-state index contributed by atoms with van der Waals surface area (Å²) in [4.78, 5) is 0. The normalized spacial score (nSPS) is 13.0. The summed E-state index contributed by atoms with van der Waals surface area (Å²) in [5.41, 5.74) is 13.3. The van der Waals surface area contributed by atoms with Gasteiger partial charge in [-0.3, -0.25) is 0 Å². The maximum absolute atomic E-state index is 2.81. The molecule has 54 heavy (non-hydrogen) atoms. The molecule has 0 bridgehead atoms. The zero-order valence-electron chi connectivity index (χ0n) is 32.2. The van der Waals surface area contributed by atoms with E-state index in [0.29, 0.717) is 0 Å². The first-order chi connectivity index (χ1) is 25.1. The van der Waals surface area contributed by atoms with Gasteiger partial charge in [0, 0.05) is 0 Å². The maximum Gasteiger partial charge on any atom is -0.147 e. The molecule has 6 aromatic carbocycles. The van der Waals surface area contributed by atoms with Gasteiger partial charge in [-0.05, 0) is 0 Å². The second kappa shape index (κ2) is 16.3. The minimum absolute atomic E-state index is 0. The van der Waals surface area contributed by atoms with Gasteiger partial charge < -0.3 is 0 Å². The summed E-state index contributed by atoms with van der Waals surface area (Å²) < 4.78 is 3.47. The summed E-state index contributed by atoms with van der Waals surface area (Å²) in [6.07, 6.45) is 9.35. The molecule has 2 aliphatic carbocycles. The van der Waals surface area contributed by atoms with Gasteiger partial charge in [-0.25, -0.2) is 0 Å². The molecule has 6 aromatic rings. The Labute approximate surface area is 343 Å². The molecule has 0 N–H and O–H groups in total. The number of rotatable bonds is 6. The molecule has 0 heterocycles. The van der Waals surface area contributed by atoms with Crippen molar-refractivity contribution in [1.29, 1.82) is 0 Å². The SMILES string of the molecule is CC(C)(C)c1cc2c(cc1-c1ccccc1)Cc1c-2cc(C(C)(C)C)c(-c2ccccc2)[c]1[Zr]([C]1=CC=CC1)=[Si](c1ccccc1)c1ccccc1.Cl.Cl. The fourth-order valence-corrected chi connectivity index (χ4v) is 29.4. The quantitative estimate of drug-likeness (QED) is 0.146. The predicted octanol–water partition coefficient (Wildman–Crippen LogP) is 11.9. The molecule has 2 aliphatic rings. The fourth-order valence-electron chi connectivity index (χ4n) is 8.37. The number of fused-ring (bicyclic) bond motifs is 3. The monoisotopic (exact) mass is 838 g/mol. The second-order valence-electron chi connectivity index (χ2n) is 16.5. The second-order valence-corrected chi connectivity index (χ2v) is 29.7. The maximum atomic E-state index is 2.63. The minimum Gasteiger partial charge on any atom is -0.147 e. The van der Waals surface area contributed by atoms with Crippen LogP contribution in [0.4, 0.5) is 0 Å². The standard InChI is InChI=1S/C33H33.C12H10Si.C5H5.2ClH.Zr/c1-32(2,3)30-20-26-24(18-28(30)22-13-9-7-10-14-22)17-25-19-29(23-15-11-8-12-16-23)31(21-27(25)26)33(4,5)6;1-3-7-11(8-4-1)13-12-9-5-2-6-10-12;1-2-4-5-3-1;;;/h7-16,18,20-21H,17H2,1-6H3;1-10H;1-3H,4H2;2*1H;. The van der Waals surface area contributed by atoms with E-state index in [0.717, 1.165) is 12.8 Å². The molecule has 272 valence electrons. The van der Waals surface area contributed by atoms with Crippen LogP contribution in [-0.4, -0.2) is 5.43 Å². The number of hydrogen-bond donors (Lipinski definition) is 0. The Hall–Kier alpha value is -3.52. The van der Waals surface area contributed by atoms with E-state index in [9.17, 15) is 0 Å². The Kier molecular flexibility index (Phi) is 12.1. The van der Waals surface area contributed by atoms with Gasteiger partial charge in [-0.2, -0.15) is 0 Å². The molecule has 0 spiro atoms. The zero-order valence-corrected chi connectivity index (χ0v) is 37.3. The van der Waals surface area contributed by atoms with Gasteiger partial charge in [-0.1, -0.05) is 0 Å². The fraction of sp³-hybridized carbons (Fsp3) is 0.200. The predicted molar refractivity (Wildman–Crippen MR) is 237 cm³/mol. The molecule has 0 aromatic heterocycles. The van der Waals surface area contributed by atoms with Crippen LogP contribution in [-0.2, 0) is 37.6 Å². The van der Waals surface area contributed by atoms with Gasteiger partial charge >= 0.3 is 321 Å². The van der Waals surface area contributed by atoms with Gasteiger partial charge in [-0.15, -0.1) is 24.8 Å². The molecule has 0 fully saturated rings. The van der Waals surface area contributed by atoms with E-state index in [1.54, 1.807) is 22.5 Å². The summed E-state index contributed by atoms with van der Waals surface area (Å²) in [5, 5.41) is 3.10. The average molecular weight is 841 g/mol. The molecule has 0 atom stereocenters. The summed E-state index contributed by atoms with van der Waals surface area (Å²) >= 11 is -2.81. The Bertz CT molecular complexity index is 2340. The third-order valence-electron chi connectivity index (χ3n) is 10.8. The van der Waals surface area contributed by atoms with Crippen LogP contribution in [0.25, 0.3) is 33.4 Å². The summed E-state index contributed by atoms with van der Waals surface area (Å²) in [6.45, 7) is 14.4. The Morgan fingerprint density at radius 2 is 1.04 bits per heavy atom. The van der Waals surface area contributed by atoms with Crippen molar-refractivity contribution in [2.75, 3.05) is 0 Å². The van der Waals surface area contributed by atoms with E-state index in [-0.39, 0.29) is 35.6 Å². The van der Waals surface area contributed by atoms with E-state index < -0.39 is 25.8 Å². The van der Waals surface area contributed by atoms with E-state index >= 15 is 0 Å². The van der Waals surface area contributed by atoms with Crippen molar-refractivity contribution < 1.29 is 20.4 Å². The van der Waals surface area contributed by atoms with Crippen LogP contribution in [0.2, 0.25) is 0 Å². The molecule has 8 rings (SSSR count). The van der Waals surface area contributed by atoms with Crippen LogP contribution in [0.5, 0.6) is 0 Å². The first kappa shape index (κ1) is 40.2. The molecular formula is C50H50Cl2SiZr. The van der Waals surface area contributed by atoms with Crippen molar-refractivity contribution in [2.45, 2.75) is 65.2 Å². The number of halogens is 2. The van der Waals surface area contributed by atoms with Gasteiger partial charge in [0.2, 0.25) is 0 Å². The van der Waals surface area contributed by atoms with Crippen LogP contribution >= 0.6 is 24.8 Å². The molecule has 0 radical (unpaired) electrons. The summed E-state index contributed by atoms with van der Waals surface area (Å²) in [7, 11) is 0. The zero-order chi connectivity index (χ0) is 36.0. The van der Waals surface area contributed by atoms with E-state index in [4.69, 9.17) is 0 Å². The van der Waals surface area contributed by atoms with Crippen LogP contribution in [0, 0.1) is 0 Å². The summed E-state index contributed by atoms with van der Waals surface area (Å²) in [6, 6.07) is 53.5. The molecule has 0 unspecified atom stereocenters. The van der Waals surface area contributed by atoms with Crippen LogP contribution in [0.1, 0.15) is 70.2 Å². The molecule has 0 saturated carbocycles. The first-order valence-corrected chi connectivity index (χ1v) is 26.4. The van der Waals surface area contributed by atoms with Gasteiger partial charge in [0.1, 0.15) is 0 Å². The van der Waals surface area contributed by atoms with E-state index in [2.05, 4.69) is 199 Å². The molecular weight excluding hydrogens is 791 g/mol. The first-order valence-electron chi connectivity index (χ1n) is 18.8. The smallest absolute Gasteiger partial charge is 0.147 e. The van der Waals surface area contributed by atoms with Gasteiger partial charge in [0.25, 0.3) is 0 Å². The van der Waals surface area contributed by atoms with Crippen molar-refractivity contribution in [3.05, 3.63) is 183 Å². The third-order valence-corrected chi connectivity index (χ3v) is 29.5. The van der Waals surface area contributed by atoms with Crippen molar-refractivity contribution in [2.24, 2.45) is 0 Å². The molecule has 0 amide bonds. The number of allylic oxidation sites excluding steroid dienone is 4. The van der Waals surface area contributed by atoms with Gasteiger partial charge in [0.05, 0.1) is 0 Å². The van der Waals surface area contributed by atoms with Crippen LogP contribution < -0.4 is 13.6 Å². The van der Waals surface area contributed by atoms with Crippen molar-refractivity contribution in [3.63, 3.8) is 0 Å². The van der Waals surface area contributed by atoms with Crippen molar-refractivity contribution in [3.8, 4) is 33.4 Å². The number of benzene rings is 6. The van der Waals surface area contributed by atoms with E-state index in [1.165, 1.54) is 50.1 Å². The van der Waals surface area contributed by atoms with Crippen molar-refractivity contribution >= 4 is 43.9 Å². The van der Waals surface area contributed by atoms with Crippen LogP contribution in [0.3, 0.4) is 0 Å². The van der Waals surface area contributed by atoms with E-state index in [1.807, 2.05) is 0 Å². The minimum atomic E-state index is -2.81. The Balaban J connectivity index is 0.00000249. The van der Waals surface area contributed by atoms with Crippen molar-refractivity contribution in [1.82, 2.24) is 0 Å². The number of hydrogen-bond acceptors (Lipinski definition) is 0. The van der Waals surface area contributed by atoms with Crippen LogP contribution in [0.15, 0.2) is 161 Å². The Morgan fingerprint density at radius 3 is 1.54 bits per heavy atom. The largest absolute Gasteiger partial charge is 0.147 e. The molecule has 0 saturated heterocycles. The molecule has 0 aliphatic heterocycles.